The summed E-state index contributed by atoms with van der Waals surface area (Å²) in [5.74, 6) is 0. The van der Waals surface area contributed by atoms with E-state index >= 15 is 0 Å². The summed E-state index contributed by atoms with van der Waals surface area (Å²) in [6, 6.07) is 34.6. The zero-order valence-corrected chi connectivity index (χ0v) is 21.6. The van der Waals surface area contributed by atoms with Crippen LogP contribution in [0.5, 0.6) is 0 Å². The molecule has 0 atom stereocenters. The summed E-state index contributed by atoms with van der Waals surface area (Å²) in [7, 11) is 0. The number of fused-ring (bicyclic) bond motifs is 3. The molecule has 194 valence electrons. The molecule has 9 nitrogen and oxygen atoms in total. The van der Waals surface area contributed by atoms with Crippen molar-refractivity contribution in [2.24, 2.45) is 0 Å². The molecular weight excluding hydrogens is 510 g/mol. The van der Waals surface area contributed by atoms with Gasteiger partial charge in [0.1, 0.15) is 11.4 Å². The van der Waals surface area contributed by atoms with Gasteiger partial charge in [0.15, 0.2) is 0 Å². The fraction of sp³-hybridized carbons (Fsp3) is 0. The van der Waals surface area contributed by atoms with E-state index in [1.165, 1.54) is 0 Å². The molecule has 3 aromatic carbocycles. The van der Waals surface area contributed by atoms with Gasteiger partial charge in [0.25, 0.3) is 0 Å². The van der Waals surface area contributed by atoms with Crippen molar-refractivity contribution in [2.45, 2.75) is 0 Å². The molecule has 0 fully saturated rings. The summed E-state index contributed by atoms with van der Waals surface area (Å²) in [5, 5.41) is 19.7. The first-order valence-electron chi connectivity index (χ1n) is 13.1. The smallest absolute Gasteiger partial charge is 0.131 e. The Labute approximate surface area is 234 Å². The summed E-state index contributed by atoms with van der Waals surface area (Å²) in [4.78, 5) is 8.81. The van der Waals surface area contributed by atoms with Gasteiger partial charge in [0, 0.05) is 28.9 Å². The minimum Gasteiger partial charge on any atom is -0.309 e. The summed E-state index contributed by atoms with van der Waals surface area (Å²) >= 11 is 0. The largest absolute Gasteiger partial charge is 0.309 e. The SMILES string of the molecule is c1ccc(-n2c3ccc(-n4cc(-c5ccccn5)nn4)cc3c3cc(-n4cc(-c5ccccn5)nn4)ccc32)cc1. The Morgan fingerprint density at radius 2 is 0.951 bits per heavy atom. The molecule has 0 amide bonds. The van der Waals surface area contributed by atoms with Gasteiger partial charge in [-0.2, -0.15) is 0 Å². The van der Waals surface area contributed by atoms with Gasteiger partial charge in [-0.15, -0.1) is 10.2 Å². The van der Waals surface area contributed by atoms with Crippen LogP contribution in [-0.4, -0.2) is 44.5 Å². The van der Waals surface area contributed by atoms with Crippen LogP contribution in [0.2, 0.25) is 0 Å². The fourth-order valence-electron chi connectivity index (χ4n) is 5.18. The van der Waals surface area contributed by atoms with Gasteiger partial charge >= 0.3 is 0 Å². The Hall–Kier alpha value is -5.96. The van der Waals surface area contributed by atoms with Crippen molar-refractivity contribution >= 4 is 21.8 Å². The van der Waals surface area contributed by atoms with Gasteiger partial charge in [-0.3, -0.25) is 9.97 Å². The van der Waals surface area contributed by atoms with Gasteiger partial charge in [0.2, 0.25) is 0 Å². The lowest BCUT2D eigenvalue weighted by atomic mass is 10.1. The van der Waals surface area contributed by atoms with Gasteiger partial charge in [-0.1, -0.05) is 40.8 Å². The quantitative estimate of drug-likeness (QED) is 0.268. The highest BCUT2D eigenvalue weighted by molar-refractivity contribution is 6.10. The Kier molecular flexibility index (Phi) is 5.24. The van der Waals surface area contributed by atoms with E-state index < -0.39 is 0 Å². The normalized spacial score (nSPS) is 11.4. The molecular formula is C32H21N9. The van der Waals surface area contributed by atoms with E-state index in [9.17, 15) is 0 Å². The maximum absolute atomic E-state index is 4.41. The Balaban J connectivity index is 1.29. The molecule has 0 aliphatic carbocycles. The number of nitrogens with zero attached hydrogens (tertiary/aromatic N) is 9. The van der Waals surface area contributed by atoms with E-state index in [2.05, 4.69) is 95.8 Å². The molecule has 0 aliphatic heterocycles. The second-order valence-electron chi connectivity index (χ2n) is 9.60. The zero-order chi connectivity index (χ0) is 27.2. The number of aromatic nitrogens is 9. The van der Waals surface area contributed by atoms with Crippen LogP contribution < -0.4 is 0 Å². The van der Waals surface area contributed by atoms with Crippen LogP contribution >= 0.6 is 0 Å². The second-order valence-corrected chi connectivity index (χ2v) is 9.60. The van der Waals surface area contributed by atoms with Crippen LogP contribution in [0.4, 0.5) is 0 Å². The van der Waals surface area contributed by atoms with Crippen molar-refractivity contribution in [3.8, 4) is 39.8 Å². The molecule has 0 radical (unpaired) electrons. The molecule has 0 spiro atoms. The van der Waals surface area contributed by atoms with Crippen molar-refractivity contribution in [3.05, 3.63) is 128 Å². The van der Waals surface area contributed by atoms with Gasteiger partial charge in [0.05, 0.1) is 46.2 Å². The average Bonchev–Trinajstić information content (AvgIpc) is 3.80. The average molecular weight is 532 g/mol. The van der Waals surface area contributed by atoms with Crippen LogP contribution in [0, 0.1) is 0 Å². The van der Waals surface area contributed by atoms with Gasteiger partial charge in [-0.25, -0.2) is 9.36 Å². The number of para-hydroxylation sites is 1. The second kappa shape index (κ2) is 9.35. The van der Waals surface area contributed by atoms with Crippen molar-refractivity contribution in [1.29, 1.82) is 0 Å². The number of benzene rings is 3. The molecule has 0 saturated heterocycles. The minimum absolute atomic E-state index is 0.717. The lowest BCUT2D eigenvalue weighted by molar-refractivity contribution is 0.804. The number of rotatable bonds is 5. The summed E-state index contributed by atoms with van der Waals surface area (Å²) in [6.07, 6.45) is 7.31. The molecule has 0 bridgehead atoms. The summed E-state index contributed by atoms with van der Waals surface area (Å²) < 4.78 is 5.85. The van der Waals surface area contributed by atoms with Crippen LogP contribution in [0.15, 0.2) is 128 Å². The zero-order valence-electron chi connectivity index (χ0n) is 21.6. The first-order chi connectivity index (χ1) is 20.3. The first-order valence-corrected chi connectivity index (χ1v) is 13.1. The van der Waals surface area contributed by atoms with Gasteiger partial charge in [-0.05, 0) is 72.8 Å². The third-order valence-electron chi connectivity index (χ3n) is 7.12. The summed E-state index contributed by atoms with van der Waals surface area (Å²) in [5.41, 5.74) is 8.07. The van der Waals surface area contributed by atoms with Crippen molar-refractivity contribution in [2.75, 3.05) is 0 Å². The van der Waals surface area contributed by atoms with E-state index in [0.717, 1.165) is 61.6 Å². The van der Waals surface area contributed by atoms with Crippen molar-refractivity contribution < 1.29 is 0 Å². The highest BCUT2D eigenvalue weighted by atomic mass is 15.4. The van der Waals surface area contributed by atoms with Crippen LogP contribution in [0.1, 0.15) is 0 Å². The Bertz CT molecular complexity index is 2010. The summed E-state index contributed by atoms with van der Waals surface area (Å²) in [6.45, 7) is 0. The number of hydrogen-bond acceptors (Lipinski definition) is 6. The van der Waals surface area contributed by atoms with E-state index in [1.807, 2.05) is 54.9 Å². The standard InChI is InChI=1S/C32H21N9/c1-2-8-22(9-3-1)41-31-14-12-23(39-20-29(35-37-39)27-10-4-6-16-33-27)18-25(31)26-19-24(13-15-32(26)41)40-21-30(36-38-40)28-11-5-7-17-34-28/h1-21H. The first kappa shape index (κ1) is 23.0. The van der Waals surface area contributed by atoms with E-state index in [-0.39, 0.29) is 0 Å². The maximum atomic E-state index is 4.41. The fourth-order valence-corrected chi connectivity index (χ4v) is 5.18. The predicted octanol–water partition coefficient (Wildman–Crippen LogP) is 6.07. The Morgan fingerprint density at radius 1 is 0.439 bits per heavy atom. The maximum Gasteiger partial charge on any atom is 0.131 e. The molecule has 8 rings (SSSR count). The Morgan fingerprint density at radius 3 is 1.44 bits per heavy atom. The molecule has 41 heavy (non-hydrogen) atoms. The highest BCUT2D eigenvalue weighted by Crippen LogP contribution is 2.35. The van der Waals surface area contributed by atoms with Crippen LogP contribution in [0.3, 0.4) is 0 Å². The number of hydrogen-bond donors (Lipinski definition) is 0. The lowest BCUT2D eigenvalue weighted by Gasteiger charge is -2.08. The molecule has 8 aromatic rings. The molecule has 9 heteroatoms. The molecule has 5 aromatic heterocycles. The van der Waals surface area contributed by atoms with Crippen molar-refractivity contribution in [3.63, 3.8) is 0 Å². The molecule has 0 N–H and O–H groups in total. The predicted molar refractivity (Wildman–Crippen MR) is 157 cm³/mol. The minimum atomic E-state index is 0.717. The van der Waals surface area contributed by atoms with Crippen LogP contribution in [0.25, 0.3) is 61.6 Å². The molecule has 0 unspecified atom stereocenters. The van der Waals surface area contributed by atoms with E-state index in [1.54, 1.807) is 21.8 Å². The van der Waals surface area contributed by atoms with Gasteiger partial charge < -0.3 is 4.57 Å². The number of pyridine rings is 2. The highest BCUT2D eigenvalue weighted by Gasteiger charge is 2.16. The molecule has 5 heterocycles. The third-order valence-corrected chi connectivity index (χ3v) is 7.12. The molecule has 0 aliphatic rings. The van der Waals surface area contributed by atoms with E-state index in [4.69, 9.17) is 0 Å². The van der Waals surface area contributed by atoms with Crippen LogP contribution in [-0.2, 0) is 0 Å². The monoisotopic (exact) mass is 531 g/mol. The lowest BCUT2D eigenvalue weighted by Crippen LogP contribution is -1.96. The topological polar surface area (TPSA) is 92.1 Å². The third kappa shape index (κ3) is 3.95. The van der Waals surface area contributed by atoms with Crippen molar-refractivity contribution in [1.82, 2.24) is 44.5 Å². The van der Waals surface area contributed by atoms with E-state index in [0.29, 0.717) is 0 Å². The molecule has 0 saturated carbocycles.